The Labute approximate surface area is 174 Å². The van der Waals surface area contributed by atoms with Crippen LogP contribution in [0.2, 0.25) is 0 Å². The third-order valence-electron chi connectivity index (χ3n) is 7.30. The van der Waals surface area contributed by atoms with E-state index in [-0.39, 0.29) is 16.4 Å². The molecule has 1 aliphatic carbocycles. The lowest BCUT2D eigenvalue weighted by Crippen LogP contribution is -2.34. The van der Waals surface area contributed by atoms with E-state index < -0.39 is 0 Å². The summed E-state index contributed by atoms with van der Waals surface area (Å²) in [7, 11) is 0. The molecule has 0 bridgehead atoms. The zero-order valence-corrected chi connectivity index (χ0v) is 19.0. The van der Waals surface area contributed by atoms with Crippen LogP contribution in [0.4, 0.5) is 0 Å². The second-order valence-electron chi connectivity index (χ2n) is 11.4. The van der Waals surface area contributed by atoms with Crippen molar-refractivity contribution in [2.75, 3.05) is 0 Å². The van der Waals surface area contributed by atoms with Gasteiger partial charge in [-0.3, -0.25) is 0 Å². The predicted molar refractivity (Wildman–Crippen MR) is 127 cm³/mol. The Morgan fingerprint density at radius 1 is 0.724 bits per heavy atom. The van der Waals surface area contributed by atoms with Gasteiger partial charge in [-0.25, -0.2) is 0 Å². The second kappa shape index (κ2) is 5.65. The first kappa shape index (κ1) is 18.7. The van der Waals surface area contributed by atoms with Crippen LogP contribution < -0.4 is 0 Å². The number of nitrogens with zero attached hydrogens (tertiary/aromatic N) is 1. The van der Waals surface area contributed by atoms with E-state index in [0.29, 0.717) is 0 Å². The second-order valence-corrected chi connectivity index (χ2v) is 11.4. The molecule has 4 aromatic rings. The topological polar surface area (TPSA) is 4.93 Å². The van der Waals surface area contributed by atoms with Crippen LogP contribution >= 0.6 is 0 Å². The monoisotopic (exact) mass is 383 g/mol. The van der Waals surface area contributed by atoms with Gasteiger partial charge in [0.05, 0.1) is 5.52 Å². The summed E-state index contributed by atoms with van der Waals surface area (Å²) in [6.45, 7) is 16.7. The number of hydrogen-bond donors (Lipinski definition) is 0. The molecule has 0 amide bonds. The van der Waals surface area contributed by atoms with Crippen molar-refractivity contribution in [2.45, 2.75) is 77.7 Å². The lowest BCUT2D eigenvalue weighted by molar-refractivity contribution is 0.332. The summed E-state index contributed by atoms with van der Waals surface area (Å²) >= 11 is 0. The maximum atomic E-state index is 2.57. The van der Waals surface area contributed by atoms with Gasteiger partial charge in [0.15, 0.2) is 0 Å². The SMILES string of the molecule is CC1(C)CCC(C)(C)c2cc3c(cc21)c1c2ccccc2ccc1n3C(C)(C)C. The molecule has 0 fully saturated rings. The van der Waals surface area contributed by atoms with Crippen LogP contribution in [0.25, 0.3) is 32.6 Å². The Morgan fingerprint density at radius 3 is 2.00 bits per heavy atom. The fraction of sp³-hybridized carbons (Fsp3) is 0.429. The van der Waals surface area contributed by atoms with E-state index in [0.717, 1.165) is 0 Å². The van der Waals surface area contributed by atoms with Gasteiger partial charge in [-0.2, -0.15) is 0 Å². The average molecular weight is 384 g/mol. The van der Waals surface area contributed by atoms with Crippen LogP contribution in [-0.2, 0) is 16.4 Å². The average Bonchev–Trinajstić information content (AvgIpc) is 2.99. The van der Waals surface area contributed by atoms with Gasteiger partial charge in [0, 0.05) is 21.8 Å². The number of aromatic nitrogens is 1. The molecule has 0 saturated heterocycles. The highest BCUT2D eigenvalue weighted by molar-refractivity contribution is 6.21. The minimum atomic E-state index is 0.0189. The highest BCUT2D eigenvalue weighted by Gasteiger charge is 2.38. The molecule has 29 heavy (non-hydrogen) atoms. The number of rotatable bonds is 0. The maximum Gasteiger partial charge on any atom is 0.0502 e. The van der Waals surface area contributed by atoms with Crippen LogP contribution in [0.15, 0.2) is 48.5 Å². The third-order valence-corrected chi connectivity index (χ3v) is 7.30. The first-order valence-corrected chi connectivity index (χ1v) is 11.0. The molecule has 1 heterocycles. The zero-order valence-electron chi connectivity index (χ0n) is 19.0. The molecule has 0 radical (unpaired) electrons. The molecule has 1 aromatic heterocycles. The summed E-state index contributed by atoms with van der Waals surface area (Å²) in [5.41, 5.74) is 6.28. The van der Waals surface area contributed by atoms with Gasteiger partial charge < -0.3 is 4.57 Å². The van der Waals surface area contributed by atoms with Crippen LogP contribution in [-0.4, -0.2) is 4.57 Å². The van der Waals surface area contributed by atoms with Crippen molar-refractivity contribution in [3.05, 3.63) is 59.7 Å². The zero-order chi connectivity index (χ0) is 20.8. The maximum absolute atomic E-state index is 2.57. The molecule has 0 N–H and O–H groups in total. The van der Waals surface area contributed by atoms with Gasteiger partial charge in [0.2, 0.25) is 0 Å². The molecular weight excluding hydrogens is 350 g/mol. The van der Waals surface area contributed by atoms with Crippen molar-refractivity contribution >= 4 is 32.6 Å². The smallest absolute Gasteiger partial charge is 0.0502 e. The molecule has 1 heteroatoms. The Kier molecular flexibility index (Phi) is 3.65. The van der Waals surface area contributed by atoms with Crippen molar-refractivity contribution in [1.82, 2.24) is 4.57 Å². The van der Waals surface area contributed by atoms with Crippen LogP contribution in [0, 0.1) is 0 Å². The fourth-order valence-corrected chi connectivity index (χ4v) is 5.57. The van der Waals surface area contributed by atoms with Gasteiger partial charge in [-0.15, -0.1) is 0 Å². The minimum absolute atomic E-state index is 0.0189. The molecule has 1 nitrogen and oxygen atoms in total. The van der Waals surface area contributed by atoms with E-state index in [1.807, 2.05) is 0 Å². The summed E-state index contributed by atoms with van der Waals surface area (Å²) in [4.78, 5) is 0. The van der Waals surface area contributed by atoms with E-state index in [1.54, 1.807) is 11.1 Å². The van der Waals surface area contributed by atoms with Crippen molar-refractivity contribution in [3.8, 4) is 0 Å². The molecule has 3 aromatic carbocycles. The van der Waals surface area contributed by atoms with Gasteiger partial charge in [-0.05, 0) is 84.5 Å². The van der Waals surface area contributed by atoms with E-state index in [1.165, 1.54) is 45.4 Å². The number of benzene rings is 3. The number of fused-ring (bicyclic) bond motifs is 6. The molecule has 150 valence electrons. The first-order valence-electron chi connectivity index (χ1n) is 11.0. The van der Waals surface area contributed by atoms with E-state index in [2.05, 4.69) is 102 Å². The molecule has 5 rings (SSSR count). The largest absolute Gasteiger partial charge is 0.335 e. The van der Waals surface area contributed by atoms with Crippen molar-refractivity contribution in [2.24, 2.45) is 0 Å². The summed E-state index contributed by atoms with van der Waals surface area (Å²) in [5.74, 6) is 0. The summed E-state index contributed by atoms with van der Waals surface area (Å²) in [6.07, 6.45) is 2.49. The van der Waals surface area contributed by atoms with Crippen LogP contribution in [0.3, 0.4) is 0 Å². The molecule has 0 unspecified atom stereocenters. The summed E-state index contributed by atoms with van der Waals surface area (Å²) in [6, 6.07) is 18.5. The highest BCUT2D eigenvalue weighted by atomic mass is 15.0. The Morgan fingerprint density at radius 2 is 1.34 bits per heavy atom. The molecular formula is C28H33N. The van der Waals surface area contributed by atoms with Gasteiger partial charge in [0.1, 0.15) is 0 Å². The fourth-order valence-electron chi connectivity index (χ4n) is 5.57. The van der Waals surface area contributed by atoms with Crippen molar-refractivity contribution in [3.63, 3.8) is 0 Å². The molecule has 0 atom stereocenters. The normalized spacial score (nSPS) is 18.4. The Hall–Kier alpha value is -2.28. The molecule has 0 spiro atoms. The summed E-state index contributed by atoms with van der Waals surface area (Å²) < 4.78 is 2.57. The first-order chi connectivity index (χ1) is 13.5. The van der Waals surface area contributed by atoms with E-state index >= 15 is 0 Å². The Balaban J connectivity index is 2.05. The van der Waals surface area contributed by atoms with Crippen LogP contribution in [0.5, 0.6) is 0 Å². The summed E-state index contributed by atoms with van der Waals surface area (Å²) in [5, 5.41) is 5.52. The highest BCUT2D eigenvalue weighted by Crippen LogP contribution is 2.49. The lowest BCUT2D eigenvalue weighted by atomic mass is 9.63. The van der Waals surface area contributed by atoms with Gasteiger partial charge in [-0.1, -0.05) is 58.0 Å². The standard InChI is InChI=1S/C28H33N/c1-26(2,3)29-23-13-12-18-10-8-9-11-19(18)25(23)20-16-21-22(17-24(20)29)28(6,7)15-14-27(21,4)5/h8-13,16-17H,14-15H2,1-7H3. The van der Waals surface area contributed by atoms with Gasteiger partial charge in [0.25, 0.3) is 0 Å². The minimum Gasteiger partial charge on any atom is -0.335 e. The van der Waals surface area contributed by atoms with Crippen molar-refractivity contribution < 1.29 is 0 Å². The van der Waals surface area contributed by atoms with Gasteiger partial charge >= 0.3 is 0 Å². The third kappa shape index (κ3) is 2.59. The molecule has 0 aliphatic heterocycles. The Bertz CT molecular complexity index is 1270. The predicted octanol–water partition coefficient (Wildman–Crippen LogP) is 8.05. The lowest BCUT2D eigenvalue weighted by Gasteiger charge is -2.42. The van der Waals surface area contributed by atoms with E-state index in [4.69, 9.17) is 0 Å². The molecule has 1 aliphatic rings. The van der Waals surface area contributed by atoms with E-state index in [9.17, 15) is 0 Å². The van der Waals surface area contributed by atoms with Crippen LogP contribution in [0.1, 0.15) is 72.4 Å². The quantitative estimate of drug-likeness (QED) is 0.289. The van der Waals surface area contributed by atoms with Crippen molar-refractivity contribution in [1.29, 1.82) is 0 Å². The number of hydrogen-bond acceptors (Lipinski definition) is 0. The molecule has 0 saturated carbocycles.